The Morgan fingerprint density at radius 3 is 2.50 bits per heavy atom. The van der Waals surface area contributed by atoms with Gasteiger partial charge >= 0.3 is 0 Å². The van der Waals surface area contributed by atoms with Crippen molar-refractivity contribution in [2.75, 3.05) is 11.9 Å². The predicted octanol–water partition coefficient (Wildman–Crippen LogP) is 1.42. The summed E-state index contributed by atoms with van der Waals surface area (Å²) in [4.78, 5) is 13.1. The number of carbonyl (C=O) groups excluding carboxylic acids is 1. The second kappa shape index (κ2) is 4.77. The first kappa shape index (κ1) is 10.7. The molecule has 0 spiro atoms. The molecule has 0 unspecified atom stereocenters. The molecule has 1 atom stereocenters. The Kier molecular flexibility index (Phi) is 3.65. The normalized spacial score (nSPS) is 12.2. The van der Waals surface area contributed by atoms with Gasteiger partial charge < -0.3 is 10.0 Å². The van der Waals surface area contributed by atoms with E-state index in [4.69, 9.17) is 5.11 Å². The number of carbonyl (C=O) groups is 1. The number of amides is 1. The van der Waals surface area contributed by atoms with Crippen LogP contribution in [0.2, 0.25) is 0 Å². The molecule has 0 radical (unpaired) electrons. The van der Waals surface area contributed by atoms with Crippen LogP contribution in [0, 0.1) is 0 Å². The van der Waals surface area contributed by atoms with Crippen LogP contribution in [0.25, 0.3) is 0 Å². The summed E-state index contributed by atoms with van der Waals surface area (Å²) in [7, 11) is 1.71. The van der Waals surface area contributed by atoms with Crippen LogP contribution < -0.4 is 4.90 Å². The number of rotatable bonds is 3. The smallest absolute Gasteiger partial charge is 0.229 e. The van der Waals surface area contributed by atoms with E-state index in [2.05, 4.69) is 0 Å². The molecule has 0 fully saturated rings. The number of aliphatic hydroxyl groups excluding tert-OH is 1. The first-order valence-corrected chi connectivity index (χ1v) is 4.61. The van der Waals surface area contributed by atoms with Crippen LogP contribution in [0.4, 0.5) is 5.69 Å². The number of para-hydroxylation sites is 1. The molecule has 0 saturated heterocycles. The molecule has 1 N–H and O–H groups in total. The van der Waals surface area contributed by atoms with Crippen LogP contribution in [0.3, 0.4) is 0 Å². The summed E-state index contributed by atoms with van der Waals surface area (Å²) >= 11 is 0. The quantitative estimate of drug-likeness (QED) is 0.788. The molecule has 0 aliphatic rings. The van der Waals surface area contributed by atoms with Crippen molar-refractivity contribution in [2.45, 2.75) is 19.4 Å². The van der Waals surface area contributed by atoms with Crippen molar-refractivity contribution in [1.82, 2.24) is 0 Å². The molecule has 14 heavy (non-hydrogen) atoms. The molecule has 0 aromatic heterocycles. The van der Waals surface area contributed by atoms with Gasteiger partial charge in [-0.3, -0.25) is 4.79 Å². The van der Waals surface area contributed by atoms with Crippen LogP contribution in [0.15, 0.2) is 30.3 Å². The zero-order valence-corrected chi connectivity index (χ0v) is 8.47. The molecule has 76 valence electrons. The Morgan fingerprint density at radius 1 is 1.43 bits per heavy atom. The fourth-order valence-corrected chi connectivity index (χ4v) is 1.19. The fourth-order valence-electron chi connectivity index (χ4n) is 1.19. The highest BCUT2D eigenvalue weighted by Gasteiger charge is 2.12. The van der Waals surface area contributed by atoms with Gasteiger partial charge in [0, 0.05) is 12.7 Å². The Bertz CT molecular complexity index is 295. The third-order valence-corrected chi connectivity index (χ3v) is 1.99. The van der Waals surface area contributed by atoms with E-state index < -0.39 is 6.10 Å². The van der Waals surface area contributed by atoms with Gasteiger partial charge in [-0.2, -0.15) is 0 Å². The summed E-state index contributed by atoms with van der Waals surface area (Å²) in [5, 5.41) is 9.07. The SMILES string of the molecule is C[C@@H](O)CC(=O)N(C)c1ccccc1. The van der Waals surface area contributed by atoms with E-state index in [1.165, 1.54) is 0 Å². The molecular weight excluding hydrogens is 178 g/mol. The molecule has 3 heteroatoms. The van der Waals surface area contributed by atoms with E-state index in [0.717, 1.165) is 5.69 Å². The molecule has 0 heterocycles. The van der Waals surface area contributed by atoms with Gasteiger partial charge in [0.15, 0.2) is 0 Å². The van der Waals surface area contributed by atoms with Crippen molar-refractivity contribution < 1.29 is 9.90 Å². The summed E-state index contributed by atoms with van der Waals surface area (Å²) < 4.78 is 0. The first-order chi connectivity index (χ1) is 6.61. The van der Waals surface area contributed by atoms with Crippen molar-refractivity contribution in [3.05, 3.63) is 30.3 Å². The summed E-state index contributed by atoms with van der Waals surface area (Å²) in [6.45, 7) is 1.61. The minimum atomic E-state index is -0.589. The summed E-state index contributed by atoms with van der Waals surface area (Å²) in [5.74, 6) is -0.0776. The Morgan fingerprint density at radius 2 is 2.00 bits per heavy atom. The molecule has 1 aromatic carbocycles. The molecule has 0 aliphatic carbocycles. The molecule has 1 amide bonds. The Hall–Kier alpha value is -1.35. The molecular formula is C11H15NO2. The zero-order valence-electron chi connectivity index (χ0n) is 8.47. The lowest BCUT2D eigenvalue weighted by molar-refractivity contribution is -0.119. The molecule has 0 bridgehead atoms. The van der Waals surface area contributed by atoms with E-state index in [-0.39, 0.29) is 12.3 Å². The van der Waals surface area contributed by atoms with Gasteiger partial charge in [-0.15, -0.1) is 0 Å². The highest BCUT2D eigenvalue weighted by molar-refractivity contribution is 5.92. The zero-order chi connectivity index (χ0) is 10.6. The second-order valence-electron chi connectivity index (χ2n) is 3.34. The summed E-state index contributed by atoms with van der Waals surface area (Å²) in [6, 6.07) is 9.37. The second-order valence-corrected chi connectivity index (χ2v) is 3.34. The van der Waals surface area contributed by atoms with E-state index >= 15 is 0 Å². The molecule has 3 nitrogen and oxygen atoms in total. The number of hydrogen-bond acceptors (Lipinski definition) is 2. The van der Waals surface area contributed by atoms with Crippen LogP contribution in [0.5, 0.6) is 0 Å². The van der Waals surface area contributed by atoms with Crippen LogP contribution in [0.1, 0.15) is 13.3 Å². The average Bonchev–Trinajstić information content (AvgIpc) is 2.17. The summed E-state index contributed by atoms with van der Waals surface area (Å²) in [6.07, 6.45) is -0.431. The van der Waals surface area contributed by atoms with Crippen LogP contribution >= 0.6 is 0 Å². The molecule has 1 rings (SSSR count). The monoisotopic (exact) mass is 193 g/mol. The maximum atomic E-state index is 11.5. The van der Waals surface area contributed by atoms with Gasteiger partial charge in [-0.05, 0) is 19.1 Å². The third kappa shape index (κ3) is 2.85. The predicted molar refractivity (Wildman–Crippen MR) is 56.1 cm³/mol. The van der Waals surface area contributed by atoms with Gasteiger partial charge in [0.25, 0.3) is 0 Å². The van der Waals surface area contributed by atoms with Crippen molar-refractivity contribution >= 4 is 11.6 Å². The minimum Gasteiger partial charge on any atom is -0.393 e. The number of anilines is 1. The van der Waals surface area contributed by atoms with Crippen LogP contribution in [-0.4, -0.2) is 24.2 Å². The van der Waals surface area contributed by atoms with E-state index in [1.807, 2.05) is 30.3 Å². The van der Waals surface area contributed by atoms with Gasteiger partial charge in [0.05, 0.1) is 12.5 Å². The highest BCUT2D eigenvalue weighted by atomic mass is 16.3. The topological polar surface area (TPSA) is 40.5 Å². The lowest BCUT2D eigenvalue weighted by Crippen LogP contribution is -2.28. The van der Waals surface area contributed by atoms with E-state index in [0.29, 0.717) is 0 Å². The largest absolute Gasteiger partial charge is 0.393 e. The summed E-state index contributed by atoms with van der Waals surface area (Å²) in [5.41, 5.74) is 0.846. The Balaban J connectivity index is 2.66. The maximum Gasteiger partial charge on any atom is 0.229 e. The van der Waals surface area contributed by atoms with Crippen molar-refractivity contribution in [1.29, 1.82) is 0 Å². The maximum absolute atomic E-state index is 11.5. The number of nitrogens with zero attached hydrogens (tertiary/aromatic N) is 1. The average molecular weight is 193 g/mol. The van der Waals surface area contributed by atoms with E-state index in [1.54, 1.807) is 18.9 Å². The standard InChI is InChI=1S/C11H15NO2/c1-9(13)8-11(14)12(2)10-6-4-3-5-7-10/h3-7,9,13H,8H2,1-2H3/t9-/m1/s1. The molecule has 0 saturated carbocycles. The number of aliphatic hydroxyl groups is 1. The van der Waals surface area contributed by atoms with Gasteiger partial charge in [0.2, 0.25) is 5.91 Å². The first-order valence-electron chi connectivity index (χ1n) is 4.61. The lowest BCUT2D eigenvalue weighted by Gasteiger charge is -2.17. The third-order valence-electron chi connectivity index (χ3n) is 1.99. The minimum absolute atomic E-state index is 0.0776. The molecule has 0 aliphatic heterocycles. The van der Waals surface area contributed by atoms with Crippen molar-refractivity contribution in [3.63, 3.8) is 0 Å². The lowest BCUT2D eigenvalue weighted by atomic mass is 10.2. The number of hydrogen-bond donors (Lipinski definition) is 1. The fraction of sp³-hybridized carbons (Fsp3) is 0.364. The van der Waals surface area contributed by atoms with Crippen LogP contribution in [-0.2, 0) is 4.79 Å². The van der Waals surface area contributed by atoms with Crippen molar-refractivity contribution in [3.8, 4) is 0 Å². The molecule has 1 aromatic rings. The van der Waals surface area contributed by atoms with E-state index in [9.17, 15) is 4.79 Å². The Labute approximate surface area is 84.0 Å². The van der Waals surface area contributed by atoms with Gasteiger partial charge in [-0.1, -0.05) is 18.2 Å². The van der Waals surface area contributed by atoms with Crippen molar-refractivity contribution in [2.24, 2.45) is 0 Å². The number of benzene rings is 1. The highest BCUT2D eigenvalue weighted by Crippen LogP contribution is 2.12. The van der Waals surface area contributed by atoms with Gasteiger partial charge in [-0.25, -0.2) is 0 Å². The van der Waals surface area contributed by atoms with Gasteiger partial charge in [0.1, 0.15) is 0 Å².